The van der Waals surface area contributed by atoms with Crippen molar-refractivity contribution < 1.29 is 14.3 Å². The van der Waals surface area contributed by atoms with E-state index in [1.807, 2.05) is 24.3 Å². The molecule has 31 heavy (non-hydrogen) atoms. The van der Waals surface area contributed by atoms with E-state index in [2.05, 4.69) is 34.5 Å². The molecule has 0 aliphatic carbocycles. The quantitative estimate of drug-likeness (QED) is 0.572. The van der Waals surface area contributed by atoms with Crippen molar-refractivity contribution in [3.63, 3.8) is 0 Å². The second kappa shape index (κ2) is 9.47. The number of carbonyl (C=O) groups is 2. The number of hydrogen-bond acceptors (Lipinski definition) is 4. The van der Waals surface area contributed by atoms with Crippen LogP contribution in [0.4, 0.5) is 11.4 Å². The van der Waals surface area contributed by atoms with Gasteiger partial charge in [-0.2, -0.15) is 0 Å². The number of nitrogens with zero attached hydrogens (tertiary/aromatic N) is 1. The molecule has 1 amide bonds. The maximum atomic E-state index is 12.6. The van der Waals surface area contributed by atoms with Crippen LogP contribution in [0.3, 0.4) is 0 Å². The summed E-state index contributed by atoms with van der Waals surface area (Å²) in [5.74, 6) is -0.550. The molecule has 5 nitrogen and oxygen atoms in total. The van der Waals surface area contributed by atoms with E-state index in [1.54, 1.807) is 31.2 Å². The minimum absolute atomic E-state index is 0.182. The van der Waals surface area contributed by atoms with Crippen LogP contribution >= 0.6 is 0 Å². The number of para-hydroxylation sites is 1. The Kier molecular flexibility index (Phi) is 6.32. The fourth-order valence-corrected chi connectivity index (χ4v) is 3.87. The number of amides is 1. The van der Waals surface area contributed by atoms with E-state index in [-0.39, 0.29) is 11.9 Å². The Morgan fingerprint density at radius 2 is 1.65 bits per heavy atom. The van der Waals surface area contributed by atoms with Gasteiger partial charge in [0.15, 0.2) is 0 Å². The van der Waals surface area contributed by atoms with Gasteiger partial charge in [-0.3, -0.25) is 4.79 Å². The Morgan fingerprint density at radius 1 is 0.935 bits per heavy atom. The molecule has 0 atom stereocenters. The molecular formula is C26H26N2O3. The number of esters is 1. The number of benzene rings is 3. The lowest BCUT2D eigenvalue weighted by molar-refractivity contribution is 0.0526. The molecule has 1 N–H and O–H groups in total. The number of nitrogens with one attached hydrogen (secondary N) is 1. The molecule has 0 saturated heterocycles. The zero-order valence-corrected chi connectivity index (χ0v) is 17.6. The van der Waals surface area contributed by atoms with Crippen LogP contribution in [0.25, 0.3) is 0 Å². The van der Waals surface area contributed by atoms with Gasteiger partial charge in [0.05, 0.1) is 12.2 Å². The smallest absolute Gasteiger partial charge is 0.338 e. The number of ether oxygens (including phenoxy) is 1. The highest BCUT2D eigenvalue weighted by molar-refractivity contribution is 6.04. The molecule has 0 spiro atoms. The van der Waals surface area contributed by atoms with Crippen molar-refractivity contribution in [1.82, 2.24) is 0 Å². The van der Waals surface area contributed by atoms with E-state index in [0.29, 0.717) is 23.4 Å². The Labute approximate surface area is 182 Å². The van der Waals surface area contributed by atoms with Crippen LogP contribution in [0.5, 0.6) is 0 Å². The number of anilines is 2. The molecule has 1 aliphatic rings. The second-order valence-electron chi connectivity index (χ2n) is 7.60. The highest BCUT2D eigenvalue weighted by atomic mass is 16.5. The van der Waals surface area contributed by atoms with Crippen molar-refractivity contribution in [2.24, 2.45) is 0 Å². The maximum Gasteiger partial charge on any atom is 0.338 e. The van der Waals surface area contributed by atoms with Gasteiger partial charge in [-0.05, 0) is 73.4 Å². The summed E-state index contributed by atoms with van der Waals surface area (Å²) in [6, 6.07) is 23.0. The lowest BCUT2D eigenvalue weighted by atomic mass is 10.0. The van der Waals surface area contributed by atoms with E-state index in [0.717, 1.165) is 25.9 Å². The summed E-state index contributed by atoms with van der Waals surface area (Å²) < 4.78 is 4.97. The SMILES string of the molecule is CCOC(=O)c1ccc(NC(=O)c2ccc(CN3CCCc4ccccc43)cc2)cc1. The van der Waals surface area contributed by atoms with Crippen molar-refractivity contribution in [2.75, 3.05) is 23.4 Å². The van der Waals surface area contributed by atoms with Crippen molar-refractivity contribution >= 4 is 23.3 Å². The lowest BCUT2D eigenvalue weighted by Gasteiger charge is -2.31. The van der Waals surface area contributed by atoms with E-state index in [4.69, 9.17) is 4.74 Å². The predicted molar refractivity (Wildman–Crippen MR) is 123 cm³/mol. The van der Waals surface area contributed by atoms with Crippen LogP contribution in [-0.4, -0.2) is 25.0 Å². The molecule has 1 heterocycles. The molecule has 158 valence electrons. The van der Waals surface area contributed by atoms with Gasteiger partial charge >= 0.3 is 5.97 Å². The van der Waals surface area contributed by atoms with E-state index >= 15 is 0 Å². The van der Waals surface area contributed by atoms with Gasteiger partial charge in [-0.15, -0.1) is 0 Å². The zero-order valence-electron chi connectivity index (χ0n) is 17.6. The number of carbonyl (C=O) groups excluding carboxylic acids is 2. The largest absolute Gasteiger partial charge is 0.462 e. The first-order valence-corrected chi connectivity index (χ1v) is 10.6. The molecular weight excluding hydrogens is 388 g/mol. The minimum Gasteiger partial charge on any atom is -0.462 e. The lowest BCUT2D eigenvalue weighted by Crippen LogP contribution is -2.28. The molecule has 3 aromatic carbocycles. The van der Waals surface area contributed by atoms with Gasteiger partial charge in [0.2, 0.25) is 0 Å². The third-order valence-electron chi connectivity index (χ3n) is 5.45. The van der Waals surface area contributed by atoms with Crippen LogP contribution in [0.15, 0.2) is 72.8 Å². The Balaban J connectivity index is 1.38. The molecule has 4 rings (SSSR count). The van der Waals surface area contributed by atoms with Crippen LogP contribution in [0.2, 0.25) is 0 Å². The van der Waals surface area contributed by atoms with Gasteiger partial charge in [-0.25, -0.2) is 4.79 Å². The monoisotopic (exact) mass is 414 g/mol. The molecule has 0 radical (unpaired) electrons. The highest BCUT2D eigenvalue weighted by Gasteiger charge is 2.16. The van der Waals surface area contributed by atoms with Gasteiger partial charge < -0.3 is 15.0 Å². The molecule has 0 unspecified atom stereocenters. The first-order chi connectivity index (χ1) is 15.1. The second-order valence-corrected chi connectivity index (χ2v) is 7.60. The summed E-state index contributed by atoms with van der Waals surface area (Å²) in [7, 11) is 0. The average Bonchev–Trinajstić information content (AvgIpc) is 2.80. The molecule has 0 aromatic heterocycles. The van der Waals surface area contributed by atoms with Crippen LogP contribution in [-0.2, 0) is 17.7 Å². The fraction of sp³-hybridized carbons (Fsp3) is 0.231. The molecule has 3 aromatic rings. The molecule has 0 saturated carbocycles. The van der Waals surface area contributed by atoms with Crippen LogP contribution in [0.1, 0.15) is 45.2 Å². The number of fused-ring (bicyclic) bond motifs is 1. The summed E-state index contributed by atoms with van der Waals surface area (Å²) >= 11 is 0. The van der Waals surface area contributed by atoms with E-state index in [1.165, 1.54) is 16.8 Å². The van der Waals surface area contributed by atoms with Gasteiger partial charge in [0, 0.05) is 30.0 Å². The van der Waals surface area contributed by atoms with Crippen LogP contribution < -0.4 is 10.2 Å². The fourth-order valence-electron chi connectivity index (χ4n) is 3.87. The number of rotatable bonds is 6. The van der Waals surface area contributed by atoms with Crippen molar-refractivity contribution in [3.05, 3.63) is 95.1 Å². The summed E-state index contributed by atoms with van der Waals surface area (Å²) in [5.41, 5.74) is 5.57. The normalized spacial score (nSPS) is 12.7. The molecule has 5 heteroatoms. The average molecular weight is 415 g/mol. The Bertz CT molecular complexity index is 1060. The van der Waals surface area contributed by atoms with Crippen molar-refractivity contribution in [1.29, 1.82) is 0 Å². The van der Waals surface area contributed by atoms with Crippen molar-refractivity contribution in [3.8, 4) is 0 Å². The summed E-state index contributed by atoms with van der Waals surface area (Å²) in [6.45, 7) is 3.97. The molecule has 1 aliphatic heterocycles. The van der Waals surface area contributed by atoms with Crippen molar-refractivity contribution in [2.45, 2.75) is 26.3 Å². The number of hydrogen-bond donors (Lipinski definition) is 1. The van der Waals surface area contributed by atoms with Crippen LogP contribution in [0, 0.1) is 0 Å². The Morgan fingerprint density at radius 3 is 2.39 bits per heavy atom. The Hall–Kier alpha value is -3.60. The topological polar surface area (TPSA) is 58.6 Å². The zero-order chi connectivity index (χ0) is 21.6. The third kappa shape index (κ3) is 4.94. The first kappa shape index (κ1) is 20.7. The summed E-state index contributed by atoms with van der Waals surface area (Å²) in [5, 5.41) is 2.87. The van der Waals surface area contributed by atoms with Gasteiger partial charge in [-0.1, -0.05) is 30.3 Å². The predicted octanol–water partition coefficient (Wildman–Crippen LogP) is 5.07. The molecule has 0 bridgehead atoms. The van der Waals surface area contributed by atoms with Gasteiger partial charge in [0.25, 0.3) is 5.91 Å². The molecule has 0 fully saturated rings. The summed E-state index contributed by atoms with van der Waals surface area (Å²) in [6.07, 6.45) is 2.29. The third-order valence-corrected chi connectivity index (χ3v) is 5.45. The van der Waals surface area contributed by atoms with Gasteiger partial charge in [0.1, 0.15) is 0 Å². The van der Waals surface area contributed by atoms with E-state index < -0.39 is 0 Å². The van der Waals surface area contributed by atoms with E-state index in [9.17, 15) is 9.59 Å². The summed E-state index contributed by atoms with van der Waals surface area (Å²) in [4.78, 5) is 26.7. The standard InChI is InChI=1S/C26H26N2O3/c1-2-31-26(30)22-13-15-23(16-14-22)27-25(29)21-11-9-19(10-12-21)18-28-17-5-7-20-6-3-4-8-24(20)28/h3-4,6,8-16H,2,5,7,17-18H2,1H3,(H,27,29). The maximum absolute atomic E-state index is 12.6. The minimum atomic E-state index is -0.368. The highest BCUT2D eigenvalue weighted by Crippen LogP contribution is 2.28. The first-order valence-electron chi connectivity index (χ1n) is 10.6. The number of aryl methyl sites for hydroxylation is 1.